The summed E-state index contributed by atoms with van der Waals surface area (Å²) < 4.78 is 5.03. The monoisotopic (exact) mass is 287 g/mol. The Hall–Kier alpha value is -3.09. The molecule has 0 radical (unpaired) electrons. The van der Waals surface area contributed by atoms with Crippen molar-refractivity contribution in [3.63, 3.8) is 0 Å². The van der Waals surface area contributed by atoms with E-state index in [9.17, 15) is 15.2 Å². The molecule has 0 aliphatic rings. The third kappa shape index (κ3) is 3.69. The number of benzene rings is 2. The van der Waals surface area contributed by atoms with Gasteiger partial charge in [-0.15, -0.1) is 0 Å². The topological polar surface area (TPSA) is 97.0 Å². The summed E-state index contributed by atoms with van der Waals surface area (Å²) in [7, 11) is 1.58. The first kappa shape index (κ1) is 14.3. The average molecular weight is 287 g/mol. The Labute approximate surface area is 120 Å². The van der Waals surface area contributed by atoms with Gasteiger partial charge in [0.15, 0.2) is 0 Å². The minimum atomic E-state index is -0.534. The second kappa shape index (κ2) is 6.38. The number of non-ortho nitro benzene ring substituents is 1. The van der Waals surface area contributed by atoms with Gasteiger partial charge in [0, 0.05) is 17.7 Å². The van der Waals surface area contributed by atoms with Crippen molar-refractivity contribution in [2.75, 3.05) is 12.5 Å². The van der Waals surface area contributed by atoms with Crippen LogP contribution in [0, 0.1) is 10.1 Å². The Kier molecular flexibility index (Phi) is 4.35. The predicted octanol–water partition coefficient (Wildman–Crippen LogP) is 2.76. The molecule has 108 valence electrons. The molecule has 0 unspecified atom stereocenters. The van der Waals surface area contributed by atoms with Crippen LogP contribution in [0.3, 0.4) is 0 Å². The van der Waals surface area contributed by atoms with E-state index >= 15 is 0 Å². The van der Waals surface area contributed by atoms with Crippen molar-refractivity contribution in [1.29, 1.82) is 0 Å². The first-order valence-corrected chi connectivity index (χ1v) is 6.00. The van der Waals surface area contributed by atoms with Crippen molar-refractivity contribution in [2.45, 2.75) is 0 Å². The lowest BCUT2D eigenvalue weighted by Gasteiger charge is -2.02. The van der Waals surface area contributed by atoms with E-state index in [1.165, 1.54) is 24.4 Å². The Balaban J connectivity index is 2.09. The van der Waals surface area contributed by atoms with Crippen LogP contribution in [-0.4, -0.2) is 23.4 Å². The Morgan fingerprint density at radius 2 is 2.00 bits per heavy atom. The maximum absolute atomic E-state index is 10.7. The Morgan fingerprint density at radius 3 is 2.62 bits per heavy atom. The number of nitro benzene ring substituents is 1. The summed E-state index contributed by atoms with van der Waals surface area (Å²) in [5.41, 5.74) is 3.62. The number of aromatic hydroxyl groups is 1. The van der Waals surface area contributed by atoms with Crippen LogP contribution in [0.4, 0.5) is 11.4 Å². The van der Waals surface area contributed by atoms with Crippen LogP contribution in [0.5, 0.6) is 11.5 Å². The third-order valence-electron chi connectivity index (χ3n) is 2.71. The van der Waals surface area contributed by atoms with E-state index in [4.69, 9.17) is 4.74 Å². The lowest BCUT2D eigenvalue weighted by molar-refractivity contribution is -0.384. The number of nitrogens with one attached hydrogen (secondary N) is 1. The SMILES string of the molecule is COc1ccc(NN=Cc2cc([N+](=O)[O-])ccc2O)cc1. The van der Waals surface area contributed by atoms with Crippen molar-refractivity contribution in [3.05, 3.63) is 58.1 Å². The molecule has 0 saturated carbocycles. The van der Waals surface area contributed by atoms with Crippen molar-refractivity contribution in [1.82, 2.24) is 0 Å². The van der Waals surface area contributed by atoms with Gasteiger partial charge in [-0.1, -0.05) is 0 Å². The molecular weight excluding hydrogens is 274 g/mol. The van der Waals surface area contributed by atoms with Crippen molar-refractivity contribution >= 4 is 17.6 Å². The normalized spacial score (nSPS) is 10.5. The second-order valence-electron chi connectivity index (χ2n) is 4.10. The number of nitrogens with zero attached hydrogens (tertiary/aromatic N) is 2. The lowest BCUT2D eigenvalue weighted by Crippen LogP contribution is -1.93. The molecule has 2 aromatic rings. The molecule has 2 aromatic carbocycles. The number of nitro groups is 1. The van der Waals surface area contributed by atoms with E-state index in [1.807, 2.05) is 0 Å². The quantitative estimate of drug-likeness (QED) is 0.500. The zero-order valence-electron chi connectivity index (χ0n) is 11.2. The first-order valence-electron chi connectivity index (χ1n) is 6.00. The number of hydrogen-bond donors (Lipinski definition) is 2. The van der Waals surface area contributed by atoms with Gasteiger partial charge in [0.05, 0.1) is 23.9 Å². The molecule has 7 nitrogen and oxygen atoms in total. The van der Waals surface area contributed by atoms with E-state index in [2.05, 4.69) is 10.5 Å². The minimum absolute atomic E-state index is 0.0825. The number of anilines is 1. The zero-order chi connectivity index (χ0) is 15.2. The van der Waals surface area contributed by atoms with Gasteiger partial charge in [-0.05, 0) is 30.3 Å². The van der Waals surface area contributed by atoms with E-state index in [0.29, 0.717) is 0 Å². The zero-order valence-corrected chi connectivity index (χ0v) is 11.2. The van der Waals surface area contributed by atoms with Crippen LogP contribution >= 0.6 is 0 Å². The molecule has 2 rings (SSSR count). The molecule has 0 bridgehead atoms. The highest BCUT2D eigenvalue weighted by atomic mass is 16.6. The number of hydrogen-bond acceptors (Lipinski definition) is 6. The standard InChI is InChI=1S/C14H13N3O4/c1-21-13-5-2-11(3-6-13)16-15-9-10-8-12(17(19)20)4-7-14(10)18/h2-9,16,18H,1H3. The molecule has 0 aliphatic heterocycles. The van der Waals surface area contributed by atoms with E-state index in [1.54, 1.807) is 31.4 Å². The van der Waals surface area contributed by atoms with Crippen LogP contribution in [0.15, 0.2) is 47.6 Å². The summed E-state index contributed by atoms with van der Waals surface area (Å²) in [5.74, 6) is 0.640. The van der Waals surface area contributed by atoms with Crippen molar-refractivity contribution in [2.24, 2.45) is 5.10 Å². The first-order chi connectivity index (χ1) is 10.1. The van der Waals surface area contributed by atoms with Crippen molar-refractivity contribution < 1.29 is 14.8 Å². The molecule has 0 heterocycles. The van der Waals surface area contributed by atoms with E-state index in [-0.39, 0.29) is 17.0 Å². The fourth-order valence-corrected chi connectivity index (χ4v) is 1.60. The van der Waals surface area contributed by atoms with Gasteiger partial charge >= 0.3 is 0 Å². The van der Waals surface area contributed by atoms with Crippen LogP contribution in [-0.2, 0) is 0 Å². The van der Waals surface area contributed by atoms with Gasteiger partial charge in [-0.3, -0.25) is 15.5 Å². The molecule has 2 N–H and O–H groups in total. The molecule has 7 heteroatoms. The number of hydrazone groups is 1. The fourth-order valence-electron chi connectivity index (χ4n) is 1.60. The van der Waals surface area contributed by atoms with Gasteiger partial charge in [0.2, 0.25) is 0 Å². The highest BCUT2D eigenvalue weighted by Gasteiger charge is 2.08. The lowest BCUT2D eigenvalue weighted by atomic mass is 10.2. The second-order valence-corrected chi connectivity index (χ2v) is 4.10. The maximum atomic E-state index is 10.7. The third-order valence-corrected chi connectivity index (χ3v) is 2.71. The van der Waals surface area contributed by atoms with E-state index in [0.717, 1.165) is 11.4 Å². The number of phenolic OH excluding ortho intramolecular Hbond substituents is 1. The van der Waals surface area contributed by atoms with Gasteiger partial charge < -0.3 is 9.84 Å². The molecule has 0 fully saturated rings. The Morgan fingerprint density at radius 1 is 1.29 bits per heavy atom. The average Bonchev–Trinajstić information content (AvgIpc) is 2.49. The Bertz CT molecular complexity index is 668. The number of ether oxygens (including phenoxy) is 1. The van der Waals surface area contributed by atoms with Gasteiger partial charge in [0.25, 0.3) is 5.69 Å². The highest BCUT2D eigenvalue weighted by Crippen LogP contribution is 2.21. The number of phenols is 1. The molecule has 0 atom stereocenters. The van der Waals surface area contributed by atoms with Crippen LogP contribution in [0.25, 0.3) is 0 Å². The van der Waals surface area contributed by atoms with Crippen LogP contribution in [0.2, 0.25) is 0 Å². The van der Waals surface area contributed by atoms with Gasteiger partial charge in [-0.25, -0.2) is 0 Å². The molecule has 0 amide bonds. The summed E-state index contributed by atoms with van der Waals surface area (Å²) in [6, 6.07) is 10.8. The van der Waals surface area contributed by atoms with Crippen LogP contribution in [0.1, 0.15) is 5.56 Å². The maximum Gasteiger partial charge on any atom is 0.270 e. The molecule has 0 aromatic heterocycles. The molecule has 0 saturated heterocycles. The molecule has 0 aliphatic carbocycles. The number of methoxy groups -OCH3 is 1. The summed E-state index contributed by atoms with van der Waals surface area (Å²) in [5, 5.41) is 24.2. The van der Waals surface area contributed by atoms with E-state index < -0.39 is 4.92 Å². The fraction of sp³-hybridized carbons (Fsp3) is 0.0714. The largest absolute Gasteiger partial charge is 0.507 e. The summed E-state index contributed by atoms with van der Waals surface area (Å²) >= 11 is 0. The minimum Gasteiger partial charge on any atom is -0.507 e. The van der Waals surface area contributed by atoms with Gasteiger partial charge in [0.1, 0.15) is 11.5 Å². The molecule has 0 spiro atoms. The molecule has 21 heavy (non-hydrogen) atoms. The summed E-state index contributed by atoms with van der Waals surface area (Å²) in [4.78, 5) is 10.1. The smallest absolute Gasteiger partial charge is 0.270 e. The van der Waals surface area contributed by atoms with Crippen LogP contribution < -0.4 is 10.2 Å². The predicted molar refractivity (Wildman–Crippen MR) is 79.0 cm³/mol. The number of rotatable bonds is 5. The highest BCUT2D eigenvalue weighted by molar-refractivity contribution is 5.84. The van der Waals surface area contributed by atoms with Gasteiger partial charge in [-0.2, -0.15) is 5.10 Å². The van der Waals surface area contributed by atoms with Crippen molar-refractivity contribution in [3.8, 4) is 11.5 Å². The molecular formula is C14H13N3O4. The summed E-state index contributed by atoms with van der Waals surface area (Å²) in [6.45, 7) is 0. The summed E-state index contributed by atoms with van der Waals surface area (Å²) in [6.07, 6.45) is 1.31.